The Hall–Kier alpha value is -0.830. The molecular formula is C14H16ClNS. The van der Waals surface area contributed by atoms with Crippen LogP contribution < -0.4 is 5.32 Å². The lowest BCUT2D eigenvalue weighted by Gasteiger charge is -2.19. The molecule has 2 aromatic rings. The second-order valence-electron chi connectivity index (χ2n) is 4.16. The maximum atomic E-state index is 5.95. The quantitative estimate of drug-likeness (QED) is 0.836. The first-order chi connectivity index (χ1) is 8.16. The highest BCUT2D eigenvalue weighted by Gasteiger charge is 2.12. The molecule has 1 unspecified atom stereocenters. The number of thiophene rings is 1. The fourth-order valence-electron chi connectivity index (χ4n) is 1.86. The van der Waals surface area contributed by atoms with Crippen molar-refractivity contribution in [3.05, 3.63) is 57.2 Å². The van der Waals surface area contributed by atoms with E-state index in [2.05, 4.69) is 49.5 Å². The van der Waals surface area contributed by atoms with Crippen molar-refractivity contribution < 1.29 is 0 Å². The molecule has 17 heavy (non-hydrogen) atoms. The summed E-state index contributed by atoms with van der Waals surface area (Å²) in [5.41, 5.74) is 1.31. The maximum absolute atomic E-state index is 5.95. The Morgan fingerprint density at radius 1 is 1.00 bits per heavy atom. The monoisotopic (exact) mass is 265 g/mol. The van der Waals surface area contributed by atoms with Gasteiger partial charge in [0.2, 0.25) is 0 Å². The highest BCUT2D eigenvalue weighted by Crippen LogP contribution is 2.28. The first kappa shape index (κ1) is 12.6. The van der Waals surface area contributed by atoms with E-state index >= 15 is 0 Å². The third-order valence-corrected chi connectivity index (χ3v) is 4.23. The SMILES string of the molecule is CC(N[C@@H](C)c1ccccc1)c1ccc(Cl)s1. The number of rotatable bonds is 4. The van der Waals surface area contributed by atoms with E-state index in [4.69, 9.17) is 11.6 Å². The van der Waals surface area contributed by atoms with E-state index in [1.807, 2.05) is 12.1 Å². The van der Waals surface area contributed by atoms with Crippen LogP contribution in [0.3, 0.4) is 0 Å². The highest BCUT2D eigenvalue weighted by molar-refractivity contribution is 7.16. The van der Waals surface area contributed by atoms with Crippen LogP contribution in [0, 0.1) is 0 Å². The molecule has 1 aromatic heterocycles. The molecule has 0 radical (unpaired) electrons. The van der Waals surface area contributed by atoms with E-state index in [9.17, 15) is 0 Å². The number of hydrogen-bond donors (Lipinski definition) is 1. The van der Waals surface area contributed by atoms with Crippen molar-refractivity contribution in [2.75, 3.05) is 0 Å². The van der Waals surface area contributed by atoms with Crippen molar-refractivity contribution in [3.63, 3.8) is 0 Å². The molecule has 2 atom stereocenters. The average Bonchev–Trinajstić information content (AvgIpc) is 2.77. The van der Waals surface area contributed by atoms with Crippen molar-refractivity contribution >= 4 is 22.9 Å². The minimum atomic E-state index is 0.322. The molecule has 90 valence electrons. The molecule has 0 saturated heterocycles. The van der Waals surface area contributed by atoms with Gasteiger partial charge in [-0.15, -0.1) is 11.3 Å². The van der Waals surface area contributed by atoms with Gasteiger partial charge in [-0.3, -0.25) is 0 Å². The van der Waals surface area contributed by atoms with Gasteiger partial charge < -0.3 is 5.32 Å². The lowest BCUT2D eigenvalue weighted by Crippen LogP contribution is -2.21. The standard InChI is InChI=1S/C14H16ClNS/c1-10(12-6-4-3-5-7-12)16-11(2)13-8-9-14(15)17-13/h3-11,16H,1-2H3/t10-,11?/m0/s1. The van der Waals surface area contributed by atoms with Gasteiger partial charge in [-0.05, 0) is 31.5 Å². The van der Waals surface area contributed by atoms with Crippen molar-refractivity contribution in [3.8, 4) is 0 Å². The van der Waals surface area contributed by atoms with Crippen LogP contribution in [0.2, 0.25) is 4.34 Å². The molecule has 3 heteroatoms. The van der Waals surface area contributed by atoms with E-state index in [0.717, 1.165) is 4.34 Å². The molecule has 0 aliphatic heterocycles. The summed E-state index contributed by atoms with van der Waals surface area (Å²) < 4.78 is 0.848. The zero-order chi connectivity index (χ0) is 12.3. The molecule has 0 aliphatic rings. The van der Waals surface area contributed by atoms with Gasteiger partial charge in [-0.25, -0.2) is 0 Å². The largest absolute Gasteiger partial charge is 0.303 e. The van der Waals surface area contributed by atoms with Crippen molar-refractivity contribution in [1.82, 2.24) is 5.32 Å². The second kappa shape index (κ2) is 5.67. The topological polar surface area (TPSA) is 12.0 Å². The van der Waals surface area contributed by atoms with Crippen molar-refractivity contribution in [2.24, 2.45) is 0 Å². The van der Waals surface area contributed by atoms with Crippen LogP contribution in [0.4, 0.5) is 0 Å². The average molecular weight is 266 g/mol. The molecule has 1 nitrogen and oxygen atoms in total. The number of benzene rings is 1. The van der Waals surface area contributed by atoms with Crippen molar-refractivity contribution in [2.45, 2.75) is 25.9 Å². The third-order valence-electron chi connectivity index (χ3n) is 2.82. The lowest BCUT2D eigenvalue weighted by atomic mass is 10.1. The third kappa shape index (κ3) is 3.32. The summed E-state index contributed by atoms with van der Waals surface area (Å²) in [4.78, 5) is 1.28. The zero-order valence-electron chi connectivity index (χ0n) is 9.98. The van der Waals surface area contributed by atoms with Gasteiger partial charge in [0.15, 0.2) is 0 Å². The minimum absolute atomic E-state index is 0.322. The first-order valence-corrected chi connectivity index (χ1v) is 6.92. The molecule has 0 amide bonds. The fourth-order valence-corrected chi connectivity index (χ4v) is 2.93. The zero-order valence-corrected chi connectivity index (χ0v) is 11.6. The van der Waals surface area contributed by atoms with Crippen LogP contribution in [0.5, 0.6) is 0 Å². The van der Waals surface area contributed by atoms with Crippen LogP contribution in [0.15, 0.2) is 42.5 Å². The number of halogens is 1. The molecule has 0 aliphatic carbocycles. The highest BCUT2D eigenvalue weighted by atomic mass is 35.5. The summed E-state index contributed by atoms with van der Waals surface area (Å²) in [5, 5.41) is 3.58. The normalized spacial score (nSPS) is 14.5. The van der Waals surface area contributed by atoms with E-state index in [1.165, 1.54) is 10.4 Å². The van der Waals surface area contributed by atoms with Gasteiger partial charge in [0.25, 0.3) is 0 Å². The molecule has 0 spiro atoms. The Labute approximate surface area is 111 Å². The lowest BCUT2D eigenvalue weighted by molar-refractivity contribution is 0.500. The Balaban J connectivity index is 2.02. The van der Waals surface area contributed by atoms with E-state index in [1.54, 1.807) is 11.3 Å². The Morgan fingerprint density at radius 2 is 1.71 bits per heavy atom. The molecule has 0 fully saturated rings. The molecule has 0 saturated carbocycles. The summed E-state index contributed by atoms with van der Waals surface area (Å²) >= 11 is 7.58. The number of hydrogen-bond acceptors (Lipinski definition) is 2. The van der Waals surface area contributed by atoms with Gasteiger partial charge in [0.1, 0.15) is 0 Å². The first-order valence-electron chi connectivity index (χ1n) is 5.73. The van der Waals surface area contributed by atoms with Crippen molar-refractivity contribution in [1.29, 1.82) is 0 Å². The minimum Gasteiger partial charge on any atom is -0.303 e. The van der Waals surface area contributed by atoms with E-state index in [0.29, 0.717) is 12.1 Å². The second-order valence-corrected chi connectivity index (χ2v) is 5.91. The Morgan fingerprint density at radius 3 is 2.29 bits per heavy atom. The summed E-state index contributed by atoms with van der Waals surface area (Å²) in [6.07, 6.45) is 0. The van der Waals surface area contributed by atoms with Gasteiger partial charge in [0.05, 0.1) is 4.34 Å². The predicted octanol–water partition coefficient (Wildman–Crippen LogP) is 4.81. The van der Waals surface area contributed by atoms with Gasteiger partial charge in [-0.2, -0.15) is 0 Å². The van der Waals surface area contributed by atoms with Gasteiger partial charge in [0, 0.05) is 17.0 Å². The fraction of sp³-hybridized carbons (Fsp3) is 0.286. The van der Waals surface area contributed by atoms with Crippen LogP contribution in [-0.2, 0) is 0 Å². The molecular weight excluding hydrogens is 250 g/mol. The molecule has 1 aromatic carbocycles. The molecule has 0 bridgehead atoms. The predicted molar refractivity (Wildman–Crippen MR) is 75.7 cm³/mol. The summed E-state index contributed by atoms with van der Waals surface area (Å²) in [5.74, 6) is 0. The van der Waals surface area contributed by atoms with Crippen LogP contribution in [0.25, 0.3) is 0 Å². The smallest absolute Gasteiger partial charge is 0.0931 e. The summed E-state index contributed by atoms with van der Waals surface area (Å²) in [6.45, 7) is 4.35. The summed E-state index contributed by atoms with van der Waals surface area (Å²) in [7, 11) is 0. The van der Waals surface area contributed by atoms with Crippen LogP contribution >= 0.6 is 22.9 Å². The number of nitrogens with one attached hydrogen (secondary N) is 1. The van der Waals surface area contributed by atoms with E-state index in [-0.39, 0.29) is 0 Å². The van der Waals surface area contributed by atoms with Crippen LogP contribution in [-0.4, -0.2) is 0 Å². The Kier molecular flexibility index (Phi) is 4.21. The van der Waals surface area contributed by atoms with Gasteiger partial charge >= 0.3 is 0 Å². The van der Waals surface area contributed by atoms with Crippen LogP contribution in [0.1, 0.15) is 36.4 Å². The summed E-state index contributed by atoms with van der Waals surface area (Å²) in [6, 6.07) is 15.2. The molecule has 1 N–H and O–H groups in total. The Bertz CT molecular complexity index is 466. The molecule has 1 heterocycles. The maximum Gasteiger partial charge on any atom is 0.0931 e. The van der Waals surface area contributed by atoms with E-state index < -0.39 is 0 Å². The van der Waals surface area contributed by atoms with Gasteiger partial charge in [-0.1, -0.05) is 41.9 Å². The molecule has 2 rings (SSSR count).